The van der Waals surface area contributed by atoms with Gasteiger partial charge in [0.05, 0.1) is 12.6 Å². The van der Waals surface area contributed by atoms with Crippen molar-refractivity contribution in [1.29, 1.82) is 0 Å². The zero-order valence-electron chi connectivity index (χ0n) is 13.7. The van der Waals surface area contributed by atoms with Crippen molar-refractivity contribution in [1.82, 2.24) is 15.5 Å². The van der Waals surface area contributed by atoms with Crippen molar-refractivity contribution in [2.75, 3.05) is 26.2 Å². The lowest BCUT2D eigenvalue weighted by atomic mass is 10.2. The monoisotopic (exact) mass is 425 g/mol. The lowest BCUT2D eigenvalue weighted by Crippen LogP contribution is -2.41. The van der Waals surface area contributed by atoms with Gasteiger partial charge in [0.25, 0.3) is 5.91 Å². The van der Waals surface area contributed by atoms with Gasteiger partial charge in [0.2, 0.25) is 5.91 Å². The van der Waals surface area contributed by atoms with Crippen LogP contribution in [0.3, 0.4) is 0 Å². The molecule has 3 rings (SSSR count). The average molecular weight is 426 g/mol. The van der Waals surface area contributed by atoms with Crippen LogP contribution in [0, 0.1) is 0 Å². The van der Waals surface area contributed by atoms with Crippen LogP contribution in [0.15, 0.2) is 38.7 Å². The van der Waals surface area contributed by atoms with Gasteiger partial charge in [0.15, 0.2) is 10.4 Å². The number of carbonyl (C=O) groups is 2. The second kappa shape index (κ2) is 8.64. The van der Waals surface area contributed by atoms with Gasteiger partial charge in [-0.25, -0.2) is 0 Å². The summed E-state index contributed by atoms with van der Waals surface area (Å²) < 4.78 is 5.64. The Kier molecular flexibility index (Phi) is 6.28. The molecule has 1 unspecified atom stereocenters. The van der Waals surface area contributed by atoms with E-state index in [0.29, 0.717) is 11.2 Å². The lowest BCUT2D eigenvalue weighted by molar-refractivity contribution is -0.120. The Hall–Kier alpha value is -1.64. The van der Waals surface area contributed by atoms with Crippen LogP contribution < -0.4 is 10.6 Å². The first kappa shape index (κ1) is 18.2. The highest BCUT2D eigenvalue weighted by atomic mass is 79.9. The summed E-state index contributed by atoms with van der Waals surface area (Å²) in [6.07, 6.45) is 2.40. The molecule has 2 N–H and O–H groups in total. The maximum Gasteiger partial charge on any atom is 0.287 e. The highest BCUT2D eigenvalue weighted by Crippen LogP contribution is 2.27. The summed E-state index contributed by atoms with van der Waals surface area (Å²) in [5.74, 6) is -0.442. The summed E-state index contributed by atoms with van der Waals surface area (Å²) in [6.45, 7) is 2.58. The molecule has 134 valence electrons. The topological polar surface area (TPSA) is 74.6 Å². The van der Waals surface area contributed by atoms with Crippen molar-refractivity contribution in [2.45, 2.75) is 18.9 Å². The molecule has 8 heteroatoms. The van der Waals surface area contributed by atoms with Crippen molar-refractivity contribution < 1.29 is 14.0 Å². The number of likely N-dealkylation sites (tertiary alicyclic amines) is 1. The third-order valence-corrected chi connectivity index (χ3v) is 5.55. The molecule has 0 aliphatic carbocycles. The van der Waals surface area contributed by atoms with Crippen LogP contribution in [-0.2, 0) is 4.79 Å². The number of amides is 2. The molecule has 25 heavy (non-hydrogen) atoms. The van der Waals surface area contributed by atoms with E-state index >= 15 is 0 Å². The Morgan fingerprint density at radius 1 is 1.24 bits per heavy atom. The summed E-state index contributed by atoms with van der Waals surface area (Å²) in [7, 11) is 0. The van der Waals surface area contributed by atoms with Crippen molar-refractivity contribution in [3.63, 3.8) is 0 Å². The Bertz CT molecular complexity index is 711. The van der Waals surface area contributed by atoms with Crippen molar-refractivity contribution >= 4 is 39.1 Å². The largest absolute Gasteiger partial charge is 0.444 e. The number of thiophene rings is 1. The molecule has 0 radical (unpaired) electrons. The Morgan fingerprint density at radius 2 is 2.04 bits per heavy atom. The van der Waals surface area contributed by atoms with E-state index in [1.54, 1.807) is 23.5 Å². The molecular formula is C17H20BrN3O3S. The number of rotatable bonds is 7. The van der Waals surface area contributed by atoms with Crippen molar-refractivity contribution in [2.24, 2.45) is 0 Å². The van der Waals surface area contributed by atoms with Gasteiger partial charge in [-0.3, -0.25) is 14.5 Å². The quantitative estimate of drug-likeness (QED) is 0.714. The molecule has 2 aromatic rings. The molecule has 2 amide bonds. The molecule has 1 fully saturated rings. The Balaban J connectivity index is 1.49. The normalized spacial score (nSPS) is 15.9. The van der Waals surface area contributed by atoms with Crippen molar-refractivity contribution in [3.8, 4) is 0 Å². The highest BCUT2D eigenvalue weighted by molar-refractivity contribution is 9.10. The first-order valence-electron chi connectivity index (χ1n) is 8.21. The molecule has 0 spiro atoms. The van der Waals surface area contributed by atoms with Crippen LogP contribution in [-0.4, -0.2) is 42.9 Å². The second-order valence-corrected chi connectivity index (χ2v) is 7.63. The standard InChI is InChI=1S/C17H20BrN3O3S/c18-15-6-5-13(24-15)17(23)20-11-16(22)19-10-12(14-4-3-9-25-14)21-7-1-2-8-21/h3-6,9,12H,1-2,7-8,10-11H2,(H,19,22)(H,20,23). The SMILES string of the molecule is O=C(CNC(=O)c1ccc(Br)o1)NCC(c1cccs1)N1CCCC1. The third kappa shape index (κ3) is 4.93. The highest BCUT2D eigenvalue weighted by Gasteiger charge is 2.24. The van der Waals surface area contributed by atoms with Crippen LogP contribution in [0.5, 0.6) is 0 Å². The van der Waals surface area contributed by atoms with E-state index in [-0.39, 0.29) is 24.3 Å². The Labute approximate surface area is 158 Å². The molecular weight excluding hydrogens is 406 g/mol. The van der Waals surface area contributed by atoms with Gasteiger partial charge in [-0.15, -0.1) is 11.3 Å². The van der Waals surface area contributed by atoms with Crippen LogP contribution in [0.1, 0.15) is 34.3 Å². The molecule has 1 atom stereocenters. The maximum atomic E-state index is 12.1. The van der Waals surface area contributed by atoms with Gasteiger partial charge >= 0.3 is 0 Å². The number of nitrogens with zero attached hydrogens (tertiary/aromatic N) is 1. The second-order valence-electron chi connectivity index (χ2n) is 5.86. The fourth-order valence-corrected chi connectivity index (χ4v) is 4.07. The van der Waals surface area contributed by atoms with Crippen LogP contribution >= 0.6 is 27.3 Å². The van der Waals surface area contributed by atoms with E-state index in [4.69, 9.17) is 4.42 Å². The fraction of sp³-hybridized carbons (Fsp3) is 0.412. The molecule has 1 aliphatic rings. The minimum absolute atomic E-state index is 0.0751. The minimum Gasteiger partial charge on any atom is -0.444 e. The average Bonchev–Trinajstić information content (AvgIpc) is 3.35. The maximum absolute atomic E-state index is 12.1. The van der Waals surface area contributed by atoms with Crippen LogP contribution in [0.25, 0.3) is 0 Å². The van der Waals surface area contributed by atoms with Gasteiger partial charge in [0.1, 0.15) is 0 Å². The van der Waals surface area contributed by atoms with E-state index in [1.807, 2.05) is 6.07 Å². The van der Waals surface area contributed by atoms with Gasteiger partial charge in [-0.1, -0.05) is 6.07 Å². The first-order chi connectivity index (χ1) is 12.1. The zero-order chi connectivity index (χ0) is 17.6. The Morgan fingerprint density at radius 3 is 2.68 bits per heavy atom. The molecule has 2 aromatic heterocycles. The third-order valence-electron chi connectivity index (χ3n) is 4.15. The van der Waals surface area contributed by atoms with Crippen LogP contribution in [0.2, 0.25) is 0 Å². The predicted octanol–water partition coefficient (Wildman–Crippen LogP) is 2.79. The van der Waals surface area contributed by atoms with Crippen LogP contribution in [0.4, 0.5) is 0 Å². The minimum atomic E-state index is -0.407. The molecule has 0 bridgehead atoms. The summed E-state index contributed by atoms with van der Waals surface area (Å²) in [5, 5.41) is 7.55. The number of furan rings is 1. The fourth-order valence-electron chi connectivity index (χ4n) is 2.90. The van der Waals surface area contributed by atoms with Gasteiger partial charge in [-0.05, 0) is 65.4 Å². The molecule has 3 heterocycles. The summed E-state index contributed by atoms with van der Waals surface area (Å²) >= 11 is 4.85. The summed E-state index contributed by atoms with van der Waals surface area (Å²) in [5.41, 5.74) is 0. The van der Waals surface area contributed by atoms with Crippen molar-refractivity contribution in [3.05, 3.63) is 45.0 Å². The van der Waals surface area contributed by atoms with E-state index in [9.17, 15) is 9.59 Å². The predicted molar refractivity (Wildman–Crippen MR) is 99.6 cm³/mol. The summed E-state index contributed by atoms with van der Waals surface area (Å²) in [4.78, 5) is 27.6. The van der Waals surface area contributed by atoms with Gasteiger partial charge < -0.3 is 15.1 Å². The molecule has 6 nitrogen and oxygen atoms in total. The first-order valence-corrected chi connectivity index (χ1v) is 9.88. The summed E-state index contributed by atoms with van der Waals surface area (Å²) in [6, 6.07) is 7.53. The number of carbonyl (C=O) groups excluding carboxylic acids is 2. The van der Waals surface area contributed by atoms with Gasteiger partial charge in [-0.2, -0.15) is 0 Å². The van der Waals surface area contributed by atoms with Gasteiger partial charge in [0, 0.05) is 11.4 Å². The van der Waals surface area contributed by atoms with E-state index in [1.165, 1.54) is 17.7 Å². The molecule has 1 aliphatic heterocycles. The number of halogens is 1. The number of nitrogens with one attached hydrogen (secondary N) is 2. The molecule has 1 saturated heterocycles. The number of hydrogen-bond acceptors (Lipinski definition) is 5. The lowest BCUT2D eigenvalue weighted by Gasteiger charge is -2.26. The molecule has 0 aromatic carbocycles. The van der Waals surface area contributed by atoms with E-state index in [2.05, 4.69) is 42.9 Å². The molecule has 0 saturated carbocycles. The smallest absolute Gasteiger partial charge is 0.287 e. The van der Waals surface area contributed by atoms with E-state index < -0.39 is 5.91 Å². The van der Waals surface area contributed by atoms with E-state index in [0.717, 1.165) is 13.1 Å². The zero-order valence-corrected chi connectivity index (χ0v) is 16.1. The number of hydrogen-bond donors (Lipinski definition) is 2.